The van der Waals surface area contributed by atoms with Crippen molar-refractivity contribution in [3.05, 3.63) is 35.4 Å². The normalized spacial score (nSPS) is 10.9. The fourth-order valence-corrected chi connectivity index (χ4v) is 1.59. The molecular formula is C11H11FN4O2. The highest BCUT2D eigenvalue weighted by Crippen LogP contribution is 2.20. The highest BCUT2D eigenvalue weighted by atomic mass is 19.1. The topological polar surface area (TPSA) is 80.9 Å². The molecule has 0 saturated carbocycles. The van der Waals surface area contributed by atoms with E-state index in [1.54, 1.807) is 0 Å². The van der Waals surface area contributed by atoms with Crippen LogP contribution >= 0.6 is 0 Å². The number of carboxylic acid groups (broad SMARTS) is 1. The molecule has 0 aliphatic rings. The van der Waals surface area contributed by atoms with E-state index in [-0.39, 0.29) is 17.2 Å². The molecule has 7 heteroatoms. The fourth-order valence-electron chi connectivity index (χ4n) is 1.59. The van der Waals surface area contributed by atoms with Crippen molar-refractivity contribution in [1.29, 1.82) is 0 Å². The third-order valence-electron chi connectivity index (χ3n) is 2.43. The fraction of sp³-hybridized carbons (Fsp3) is 0.273. The molecule has 18 heavy (non-hydrogen) atoms. The highest BCUT2D eigenvalue weighted by Gasteiger charge is 2.18. The number of benzene rings is 1. The average molecular weight is 250 g/mol. The number of carboxylic acids is 1. The molecule has 1 aromatic carbocycles. The van der Waals surface area contributed by atoms with Gasteiger partial charge in [-0.2, -0.15) is 4.68 Å². The van der Waals surface area contributed by atoms with E-state index in [4.69, 9.17) is 5.11 Å². The first kappa shape index (κ1) is 12.2. The highest BCUT2D eigenvalue weighted by molar-refractivity contribution is 5.91. The quantitative estimate of drug-likeness (QED) is 0.895. The lowest BCUT2D eigenvalue weighted by Gasteiger charge is -2.09. The van der Waals surface area contributed by atoms with Crippen LogP contribution in [0.1, 0.15) is 35.9 Å². The summed E-state index contributed by atoms with van der Waals surface area (Å²) in [5.74, 6) is -1.23. The minimum absolute atomic E-state index is 0.00934. The Morgan fingerprint density at radius 2 is 2.17 bits per heavy atom. The van der Waals surface area contributed by atoms with Crippen molar-refractivity contribution in [1.82, 2.24) is 20.2 Å². The molecule has 6 nitrogen and oxygen atoms in total. The second kappa shape index (κ2) is 4.52. The van der Waals surface area contributed by atoms with Crippen LogP contribution in [0, 0.1) is 5.82 Å². The molecule has 0 spiro atoms. The number of aromatic carboxylic acids is 1. The molecule has 0 radical (unpaired) electrons. The summed E-state index contributed by atoms with van der Waals surface area (Å²) in [6.45, 7) is 3.73. The van der Waals surface area contributed by atoms with Gasteiger partial charge in [0, 0.05) is 12.0 Å². The molecule has 2 aromatic rings. The van der Waals surface area contributed by atoms with Gasteiger partial charge in [-0.1, -0.05) is 13.8 Å². The maximum Gasteiger partial charge on any atom is 0.337 e. The van der Waals surface area contributed by atoms with Crippen molar-refractivity contribution in [2.75, 3.05) is 0 Å². The van der Waals surface area contributed by atoms with Crippen LogP contribution in [0.25, 0.3) is 5.69 Å². The molecule has 2 rings (SSSR count). The average Bonchev–Trinajstić information content (AvgIpc) is 2.77. The van der Waals surface area contributed by atoms with Gasteiger partial charge in [0.25, 0.3) is 0 Å². The summed E-state index contributed by atoms with van der Waals surface area (Å²) in [4.78, 5) is 11.1. The molecule has 94 valence electrons. The zero-order valence-corrected chi connectivity index (χ0v) is 9.83. The Morgan fingerprint density at radius 1 is 1.44 bits per heavy atom. The van der Waals surface area contributed by atoms with Gasteiger partial charge < -0.3 is 5.11 Å². The number of rotatable bonds is 3. The summed E-state index contributed by atoms with van der Waals surface area (Å²) in [5, 5.41) is 20.1. The van der Waals surface area contributed by atoms with Crippen molar-refractivity contribution in [2.24, 2.45) is 0 Å². The van der Waals surface area contributed by atoms with Gasteiger partial charge in [-0.25, -0.2) is 9.18 Å². The maximum atomic E-state index is 13.3. The largest absolute Gasteiger partial charge is 0.478 e. The minimum atomic E-state index is -1.16. The molecule has 0 saturated heterocycles. The molecule has 1 N–H and O–H groups in total. The molecule has 0 amide bonds. The van der Waals surface area contributed by atoms with Crippen LogP contribution in [-0.4, -0.2) is 31.3 Å². The number of halogens is 1. The lowest BCUT2D eigenvalue weighted by molar-refractivity contribution is 0.0696. The van der Waals surface area contributed by atoms with Gasteiger partial charge in [0.05, 0.1) is 11.3 Å². The second-order valence-corrected chi connectivity index (χ2v) is 4.07. The molecule has 1 heterocycles. The van der Waals surface area contributed by atoms with Gasteiger partial charge in [0.2, 0.25) is 0 Å². The zero-order valence-electron chi connectivity index (χ0n) is 9.83. The van der Waals surface area contributed by atoms with Gasteiger partial charge in [0.15, 0.2) is 5.82 Å². The van der Waals surface area contributed by atoms with E-state index in [0.717, 1.165) is 12.1 Å². The van der Waals surface area contributed by atoms with E-state index in [1.807, 2.05) is 13.8 Å². The van der Waals surface area contributed by atoms with E-state index < -0.39 is 11.8 Å². The third kappa shape index (κ3) is 2.06. The van der Waals surface area contributed by atoms with Gasteiger partial charge in [-0.15, -0.1) is 5.10 Å². The van der Waals surface area contributed by atoms with Gasteiger partial charge in [0.1, 0.15) is 5.82 Å². The van der Waals surface area contributed by atoms with Gasteiger partial charge in [-0.3, -0.25) is 0 Å². The Morgan fingerprint density at radius 3 is 2.78 bits per heavy atom. The Hall–Kier alpha value is -2.31. The molecule has 1 aromatic heterocycles. The summed E-state index contributed by atoms with van der Waals surface area (Å²) in [7, 11) is 0. The van der Waals surface area contributed by atoms with E-state index >= 15 is 0 Å². The van der Waals surface area contributed by atoms with E-state index in [0.29, 0.717) is 5.82 Å². The first-order valence-corrected chi connectivity index (χ1v) is 5.32. The Labute approximate surface area is 102 Å². The van der Waals surface area contributed by atoms with Crippen molar-refractivity contribution in [3.63, 3.8) is 0 Å². The lowest BCUT2D eigenvalue weighted by Crippen LogP contribution is -2.11. The number of aromatic nitrogens is 4. The zero-order chi connectivity index (χ0) is 13.3. The Bertz CT molecular complexity index is 594. The third-order valence-corrected chi connectivity index (χ3v) is 2.43. The van der Waals surface area contributed by atoms with Crippen molar-refractivity contribution in [3.8, 4) is 5.69 Å². The van der Waals surface area contributed by atoms with Crippen LogP contribution in [0.2, 0.25) is 0 Å². The number of nitrogens with zero attached hydrogens (tertiary/aromatic N) is 4. The van der Waals surface area contributed by atoms with E-state index in [1.165, 1.54) is 10.7 Å². The minimum Gasteiger partial charge on any atom is -0.478 e. The van der Waals surface area contributed by atoms with Crippen LogP contribution in [0.5, 0.6) is 0 Å². The number of hydrogen-bond donors (Lipinski definition) is 1. The molecule has 0 atom stereocenters. The van der Waals surface area contributed by atoms with Gasteiger partial charge in [-0.05, 0) is 22.6 Å². The number of tetrazole rings is 1. The SMILES string of the molecule is CC(C)c1nnnn1-c1cc(F)ccc1C(=O)O. The Balaban J connectivity index is 2.66. The van der Waals surface area contributed by atoms with E-state index in [9.17, 15) is 9.18 Å². The first-order chi connectivity index (χ1) is 8.50. The van der Waals surface area contributed by atoms with Gasteiger partial charge >= 0.3 is 5.97 Å². The van der Waals surface area contributed by atoms with Crippen LogP contribution in [0.15, 0.2) is 18.2 Å². The second-order valence-electron chi connectivity index (χ2n) is 4.07. The number of carbonyl (C=O) groups is 1. The summed E-state index contributed by atoms with van der Waals surface area (Å²) < 4.78 is 14.5. The summed E-state index contributed by atoms with van der Waals surface area (Å²) in [6, 6.07) is 3.39. The van der Waals surface area contributed by atoms with Crippen molar-refractivity contribution in [2.45, 2.75) is 19.8 Å². The summed E-state index contributed by atoms with van der Waals surface area (Å²) in [5.41, 5.74) is 0.0711. The summed E-state index contributed by atoms with van der Waals surface area (Å²) >= 11 is 0. The van der Waals surface area contributed by atoms with Crippen molar-refractivity contribution >= 4 is 5.97 Å². The first-order valence-electron chi connectivity index (χ1n) is 5.32. The molecule has 0 aliphatic heterocycles. The van der Waals surface area contributed by atoms with Crippen LogP contribution in [0.3, 0.4) is 0 Å². The predicted molar refractivity (Wildman–Crippen MR) is 60.2 cm³/mol. The van der Waals surface area contributed by atoms with Crippen molar-refractivity contribution < 1.29 is 14.3 Å². The molecule has 0 unspecified atom stereocenters. The molecule has 0 fully saturated rings. The smallest absolute Gasteiger partial charge is 0.337 e. The van der Waals surface area contributed by atoms with Crippen LogP contribution in [-0.2, 0) is 0 Å². The Kier molecular flexibility index (Phi) is 3.05. The van der Waals surface area contributed by atoms with Crippen LogP contribution < -0.4 is 0 Å². The lowest BCUT2D eigenvalue weighted by atomic mass is 10.1. The standard InChI is InChI=1S/C11H11FN4O2/c1-6(2)10-13-14-15-16(10)9-5-7(12)3-4-8(9)11(17)18/h3-6H,1-2H3,(H,17,18). The molecule has 0 aliphatic carbocycles. The van der Waals surface area contributed by atoms with Crippen LogP contribution in [0.4, 0.5) is 4.39 Å². The number of hydrogen-bond acceptors (Lipinski definition) is 4. The maximum absolute atomic E-state index is 13.3. The summed E-state index contributed by atoms with van der Waals surface area (Å²) in [6.07, 6.45) is 0. The molecule has 0 bridgehead atoms. The molecular weight excluding hydrogens is 239 g/mol. The monoisotopic (exact) mass is 250 g/mol. The van der Waals surface area contributed by atoms with E-state index in [2.05, 4.69) is 15.5 Å². The predicted octanol–water partition coefficient (Wildman–Crippen LogP) is 1.62.